The van der Waals surface area contributed by atoms with Crippen molar-refractivity contribution >= 4 is 28.2 Å². The van der Waals surface area contributed by atoms with Crippen molar-refractivity contribution < 1.29 is 45.8 Å². The molecule has 0 spiro atoms. The molecule has 0 saturated carbocycles. The van der Waals surface area contributed by atoms with Gasteiger partial charge in [0.2, 0.25) is 5.91 Å². The van der Waals surface area contributed by atoms with Crippen LogP contribution in [0, 0.1) is 5.41 Å². The lowest BCUT2D eigenvalue weighted by molar-refractivity contribution is -0.203. The Morgan fingerprint density at radius 1 is 1.13 bits per heavy atom. The van der Waals surface area contributed by atoms with Crippen LogP contribution >= 0.6 is 0 Å². The lowest BCUT2D eigenvalue weighted by Gasteiger charge is -2.29. The predicted octanol–water partition coefficient (Wildman–Crippen LogP) is -1.78. The summed E-state index contributed by atoms with van der Waals surface area (Å²) in [5.41, 5.74) is 3.25. The first-order valence-electron chi connectivity index (χ1n) is 9.41. The molecule has 3 N–H and O–H groups in total. The number of nitrogens with two attached hydrogens (primary N) is 1. The number of aliphatic hydroxyl groups excluding tert-OH is 1. The van der Waals surface area contributed by atoms with Crippen molar-refractivity contribution in [3.63, 3.8) is 0 Å². The maximum absolute atomic E-state index is 12.3. The molecule has 0 radical (unpaired) electrons. The molecule has 4 atom stereocenters. The van der Waals surface area contributed by atoms with Gasteiger partial charge in [-0.2, -0.15) is 12.7 Å². The summed E-state index contributed by atoms with van der Waals surface area (Å²) in [7, 11) is -4.80. The summed E-state index contributed by atoms with van der Waals surface area (Å²) in [5.74, 6) is -2.69. The molecule has 172 valence electrons. The van der Waals surface area contributed by atoms with Crippen LogP contribution in [-0.2, 0) is 42.7 Å². The SMILES string of the molecule is CCOC(=O)C(C)(COS(=O)(=O)ON1C(O)N2C[C@H]1CC[C@H]2C(N)=O)C(=O)OCC. The largest absolute Gasteiger partial charge is 0.465 e. The Balaban J connectivity index is 2.09. The van der Waals surface area contributed by atoms with Crippen LogP contribution in [0.2, 0.25) is 0 Å². The smallest absolute Gasteiger partial charge is 0.416 e. The van der Waals surface area contributed by atoms with Gasteiger partial charge in [-0.15, -0.1) is 5.06 Å². The molecule has 0 aromatic rings. The summed E-state index contributed by atoms with van der Waals surface area (Å²) in [6, 6.07) is -1.29. The fourth-order valence-corrected chi connectivity index (χ4v) is 4.11. The molecule has 2 heterocycles. The lowest BCUT2D eigenvalue weighted by Crippen LogP contribution is -2.50. The Bertz CT molecular complexity index is 755. The number of carbonyl (C=O) groups excluding carboxylic acids is 3. The molecule has 2 rings (SSSR count). The first-order chi connectivity index (χ1) is 14.0. The molecule has 0 aromatic carbocycles. The molecule has 2 aliphatic rings. The molecule has 14 heteroatoms. The Hall–Kier alpha value is -1.84. The molecule has 13 nitrogen and oxygen atoms in total. The van der Waals surface area contributed by atoms with Gasteiger partial charge in [0, 0.05) is 6.54 Å². The monoisotopic (exact) mass is 453 g/mol. The van der Waals surface area contributed by atoms with E-state index in [1.165, 1.54) is 18.7 Å². The standard InChI is InChI=1S/C16H27N3O10S/c1-4-26-13(21)16(3,14(22)27-5-2)9-28-30(24,25)29-19-10-6-7-11(12(17)20)18(8-10)15(19)23/h10-11,15,23H,4-9H2,1-3H3,(H2,17,20)/t10-,11+,15?/m1/s1. The molecule has 2 saturated heterocycles. The normalized spacial score (nSPS) is 26.9. The quantitative estimate of drug-likeness (QED) is 0.281. The summed E-state index contributed by atoms with van der Waals surface area (Å²) in [6.07, 6.45) is -0.878. The number of carbonyl (C=O) groups is 3. The van der Waals surface area contributed by atoms with Gasteiger partial charge >= 0.3 is 22.3 Å². The Morgan fingerprint density at radius 3 is 2.20 bits per heavy atom. The second-order valence-corrected chi connectivity index (χ2v) is 8.27. The highest BCUT2D eigenvalue weighted by atomic mass is 32.3. The van der Waals surface area contributed by atoms with E-state index >= 15 is 0 Å². The van der Waals surface area contributed by atoms with E-state index in [0.29, 0.717) is 12.8 Å². The zero-order chi connectivity index (χ0) is 22.7. The number of fused-ring (bicyclic) bond motifs is 2. The molecule has 30 heavy (non-hydrogen) atoms. The third-order valence-corrected chi connectivity index (χ3v) is 5.69. The van der Waals surface area contributed by atoms with Crippen molar-refractivity contribution in [1.82, 2.24) is 9.96 Å². The van der Waals surface area contributed by atoms with Crippen LogP contribution in [-0.4, -0.2) is 86.1 Å². The first kappa shape index (κ1) is 24.4. The lowest BCUT2D eigenvalue weighted by atomic mass is 9.92. The van der Waals surface area contributed by atoms with Crippen molar-refractivity contribution in [1.29, 1.82) is 0 Å². The molecule has 0 aromatic heterocycles. The number of esters is 2. The Kier molecular flexibility index (Phi) is 7.76. The Labute approximate surface area is 174 Å². The fourth-order valence-electron chi connectivity index (χ4n) is 3.28. The highest BCUT2D eigenvalue weighted by molar-refractivity contribution is 7.81. The van der Waals surface area contributed by atoms with Gasteiger partial charge in [0.25, 0.3) is 0 Å². The molecule has 1 amide bonds. The van der Waals surface area contributed by atoms with Gasteiger partial charge in [0.05, 0.1) is 31.9 Å². The van der Waals surface area contributed by atoms with E-state index < -0.39 is 58.7 Å². The molecular weight excluding hydrogens is 426 g/mol. The zero-order valence-corrected chi connectivity index (χ0v) is 17.8. The van der Waals surface area contributed by atoms with Crippen molar-refractivity contribution in [2.45, 2.75) is 52.0 Å². The second-order valence-electron chi connectivity index (χ2n) is 7.07. The maximum Gasteiger partial charge on any atom is 0.416 e. The minimum atomic E-state index is -4.80. The van der Waals surface area contributed by atoms with Gasteiger partial charge in [-0.3, -0.25) is 19.3 Å². The van der Waals surface area contributed by atoms with Gasteiger partial charge in [-0.05, 0) is 33.6 Å². The number of aliphatic hydroxyl groups is 1. The molecule has 0 aliphatic carbocycles. The average Bonchev–Trinajstić information content (AvgIpc) is 2.90. The van der Waals surface area contributed by atoms with Crippen molar-refractivity contribution in [2.24, 2.45) is 11.1 Å². The number of piperidine rings is 1. The maximum atomic E-state index is 12.3. The Morgan fingerprint density at radius 2 is 1.70 bits per heavy atom. The van der Waals surface area contributed by atoms with E-state index in [2.05, 4.69) is 0 Å². The third kappa shape index (κ3) is 5.07. The summed E-state index contributed by atoms with van der Waals surface area (Å²) in [6.45, 7) is 3.30. The van der Waals surface area contributed by atoms with Crippen LogP contribution in [0.5, 0.6) is 0 Å². The van der Waals surface area contributed by atoms with Crippen molar-refractivity contribution in [3.05, 3.63) is 0 Å². The number of hydrogen-bond donors (Lipinski definition) is 2. The summed E-state index contributed by atoms with van der Waals surface area (Å²) in [5, 5.41) is 11.1. The number of ether oxygens (including phenoxy) is 2. The zero-order valence-electron chi connectivity index (χ0n) is 17.0. The highest BCUT2D eigenvalue weighted by Crippen LogP contribution is 2.33. The molecule has 2 unspecified atom stereocenters. The van der Waals surface area contributed by atoms with Crippen LogP contribution in [0.1, 0.15) is 33.6 Å². The van der Waals surface area contributed by atoms with E-state index in [-0.39, 0.29) is 19.8 Å². The van der Waals surface area contributed by atoms with Crippen LogP contribution < -0.4 is 5.73 Å². The first-order valence-corrected chi connectivity index (χ1v) is 10.7. The van der Waals surface area contributed by atoms with Gasteiger partial charge in [0.1, 0.15) is 0 Å². The van der Waals surface area contributed by atoms with Crippen LogP contribution in [0.4, 0.5) is 0 Å². The number of primary amides is 1. The second kappa shape index (κ2) is 9.53. The van der Waals surface area contributed by atoms with Crippen LogP contribution in [0.25, 0.3) is 0 Å². The van der Waals surface area contributed by atoms with E-state index in [0.717, 1.165) is 12.0 Å². The van der Waals surface area contributed by atoms with Gasteiger partial charge in [-0.25, -0.2) is 4.18 Å². The van der Waals surface area contributed by atoms with E-state index in [9.17, 15) is 27.9 Å². The van der Waals surface area contributed by atoms with Gasteiger partial charge in [-0.1, -0.05) is 0 Å². The van der Waals surface area contributed by atoms with Crippen molar-refractivity contribution in [2.75, 3.05) is 26.4 Å². The number of rotatable bonds is 10. The summed E-state index contributed by atoms with van der Waals surface area (Å²) in [4.78, 5) is 37.2. The number of hydrogen-bond acceptors (Lipinski definition) is 12. The van der Waals surface area contributed by atoms with Gasteiger partial charge < -0.3 is 20.3 Å². The van der Waals surface area contributed by atoms with E-state index in [4.69, 9.17) is 23.7 Å². The molecular formula is C16H27N3O10S. The van der Waals surface area contributed by atoms with Crippen LogP contribution in [0.15, 0.2) is 0 Å². The molecule has 2 bridgehead atoms. The predicted molar refractivity (Wildman–Crippen MR) is 97.9 cm³/mol. The average molecular weight is 453 g/mol. The molecule has 2 fully saturated rings. The molecule has 2 aliphatic heterocycles. The highest BCUT2D eigenvalue weighted by Gasteiger charge is 2.51. The topological polar surface area (TPSA) is 175 Å². The summed E-state index contributed by atoms with van der Waals surface area (Å²) < 4.78 is 43.9. The number of nitrogens with zero attached hydrogens (tertiary/aromatic N) is 2. The van der Waals surface area contributed by atoms with Crippen molar-refractivity contribution in [3.8, 4) is 0 Å². The fraction of sp³-hybridized carbons (Fsp3) is 0.812. The van der Waals surface area contributed by atoms with E-state index in [1.54, 1.807) is 0 Å². The minimum Gasteiger partial charge on any atom is -0.465 e. The van der Waals surface area contributed by atoms with E-state index in [1.807, 2.05) is 0 Å². The number of hydroxylamine groups is 2. The van der Waals surface area contributed by atoms with Crippen LogP contribution in [0.3, 0.4) is 0 Å². The third-order valence-electron chi connectivity index (χ3n) is 4.93. The minimum absolute atomic E-state index is 0.0460. The van der Waals surface area contributed by atoms with Gasteiger partial charge in [0.15, 0.2) is 11.8 Å². The number of amides is 1. The summed E-state index contributed by atoms with van der Waals surface area (Å²) >= 11 is 0.